The van der Waals surface area contributed by atoms with E-state index in [0.717, 1.165) is 78.5 Å². The zero-order chi connectivity index (χ0) is 82.1. The van der Waals surface area contributed by atoms with Crippen molar-refractivity contribution in [3.8, 4) is 23.3 Å². The highest BCUT2D eigenvalue weighted by molar-refractivity contribution is 7.92. The van der Waals surface area contributed by atoms with Crippen molar-refractivity contribution >= 4 is 29.5 Å². The Bertz CT molecular complexity index is 4410. The van der Waals surface area contributed by atoms with Crippen LogP contribution < -0.4 is 9.47 Å². The van der Waals surface area contributed by atoms with Crippen LogP contribution in [0.4, 0.5) is 4.39 Å². The Morgan fingerprint density at radius 2 is 0.881 bits per heavy atom. The second-order valence-electron chi connectivity index (χ2n) is 31.0. The second kappa shape index (κ2) is 46.4. The normalized spacial score (nSPS) is 13.1. The first-order valence-corrected chi connectivity index (χ1v) is 44.0. The van der Waals surface area contributed by atoms with Gasteiger partial charge in [0.25, 0.3) is 0 Å². The van der Waals surface area contributed by atoms with Gasteiger partial charge in [0.1, 0.15) is 28.8 Å². The molecule has 598 valence electrons. The Labute approximate surface area is 659 Å². The summed E-state index contributed by atoms with van der Waals surface area (Å²) in [6.45, 7) is 43.1. The lowest BCUT2D eigenvalue weighted by atomic mass is 9.75. The maximum absolute atomic E-state index is 13.5. The number of ether oxygens (including phenoxy) is 3. The van der Waals surface area contributed by atoms with Crippen LogP contribution in [-0.2, 0) is 46.5 Å². The molecule has 2 fully saturated rings. The Morgan fingerprint density at radius 1 is 0.477 bits per heavy atom. The van der Waals surface area contributed by atoms with Gasteiger partial charge in [-0.1, -0.05) is 262 Å². The van der Waals surface area contributed by atoms with E-state index in [1.807, 2.05) is 76.2 Å². The summed E-state index contributed by atoms with van der Waals surface area (Å²) in [6.07, 6.45) is 9.18. The molecule has 2 saturated carbocycles. The predicted molar refractivity (Wildman–Crippen MR) is 454 cm³/mol. The molecule has 109 heavy (non-hydrogen) atoms. The molecule has 0 bridgehead atoms. The van der Waals surface area contributed by atoms with Gasteiger partial charge in [0.2, 0.25) is 0 Å². The Kier molecular flexibility index (Phi) is 40.8. The zero-order valence-electron chi connectivity index (χ0n) is 70.1. The van der Waals surface area contributed by atoms with Crippen LogP contribution >= 0.6 is 0 Å². The molecule has 15 heteroatoms. The van der Waals surface area contributed by atoms with Crippen molar-refractivity contribution in [2.75, 3.05) is 39.9 Å². The molecule has 8 aromatic rings. The highest BCUT2D eigenvalue weighted by atomic mass is 32.2. The summed E-state index contributed by atoms with van der Waals surface area (Å²) >= 11 is 0. The summed E-state index contributed by atoms with van der Waals surface area (Å²) in [5, 5.41) is 19.1. The van der Waals surface area contributed by atoms with Gasteiger partial charge < -0.3 is 24.4 Å². The van der Waals surface area contributed by atoms with Crippen molar-refractivity contribution in [3.63, 3.8) is 0 Å². The van der Waals surface area contributed by atoms with Gasteiger partial charge in [0.05, 0.1) is 46.5 Å². The predicted octanol–water partition coefficient (Wildman–Crippen LogP) is 23.3. The van der Waals surface area contributed by atoms with Crippen LogP contribution in [0.5, 0.6) is 11.5 Å². The van der Waals surface area contributed by atoms with E-state index in [1.54, 1.807) is 49.6 Å². The third kappa shape index (κ3) is 32.4. The zero-order valence-corrected chi connectivity index (χ0v) is 72.6. The molecule has 2 aliphatic rings. The van der Waals surface area contributed by atoms with Crippen LogP contribution in [0.15, 0.2) is 185 Å². The van der Waals surface area contributed by atoms with Crippen LogP contribution in [0.1, 0.15) is 288 Å². The quantitative estimate of drug-likeness (QED) is 0.0784. The number of hydrogen-bond donors (Lipinski definition) is 2. The third-order valence-corrected chi connectivity index (χ3v) is 23.8. The van der Waals surface area contributed by atoms with Gasteiger partial charge in [-0.15, -0.1) is 0 Å². The highest BCUT2D eigenvalue weighted by Gasteiger charge is 2.36. The molecule has 0 heterocycles. The monoisotopic (exact) mass is 1550 g/mol. The van der Waals surface area contributed by atoms with E-state index in [2.05, 4.69) is 201 Å². The van der Waals surface area contributed by atoms with E-state index in [-0.39, 0.29) is 22.6 Å². The van der Waals surface area contributed by atoms with E-state index >= 15 is 0 Å². The first-order chi connectivity index (χ1) is 51.0. The van der Waals surface area contributed by atoms with Crippen molar-refractivity contribution in [1.29, 1.82) is 0 Å². The Hall–Kier alpha value is -7.42. The molecule has 0 radical (unpaired) electrons. The second-order valence-corrected chi connectivity index (χ2v) is 37.2. The van der Waals surface area contributed by atoms with Crippen molar-refractivity contribution in [3.05, 3.63) is 254 Å². The molecule has 0 spiro atoms. The maximum Gasteiger partial charge on any atom is 0.181 e. The standard InChI is InChI=1S/C14H20O2S.C13H15FO.C13H18O.C12H18O2.C11H16O3S.C11H16O2S.2C10H14/c1-11(2)12-7-9-14(10-8-12)17(15,16)13-5-3-4-6-13;1-10(2)12-7-6-11(13(14)9-12)5-4-8-15-3;1-10(2)11-4-6-12(7-5-11)13(14)8-3-9-13;1-4-14-12-6-5-10(9(2)3)7-11(12)8-13;1-8(2)9-5-6-11(15(4,12)13)10(7-9)14-3;1-8(2)10-5-6-11(9(3)7-10)14(4,12)13;2*1-8(2)10-6-4-5-9(3)7-10/h7-11,13H,3-6H2,1-2H3;6-7,9-10H,8H2,1-3H3;4-7,10,14H,3,8-9H2,1-2H3;5-7,9,13H,4,8H2,1-3H3;5-8H,1-4H3;5-8H,1-4H3;2*4-8H,1-3H3. The van der Waals surface area contributed by atoms with Gasteiger partial charge in [0, 0.05) is 25.2 Å². The van der Waals surface area contributed by atoms with Crippen molar-refractivity contribution < 1.29 is 54.1 Å². The fraction of sp³-hybridized carbons (Fsp3) is 0.468. The maximum atomic E-state index is 13.5. The smallest absolute Gasteiger partial charge is 0.181 e. The number of halogens is 1. The molecule has 0 amide bonds. The largest absolute Gasteiger partial charge is 0.495 e. The minimum absolute atomic E-state index is 0.0376. The van der Waals surface area contributed by atoms with Crippen LogP contribution in [0.25, 0.3) is 0 Å². The number of benzene rings is 8. The fourth-order valence-electron chi connectivity index (χ4n) is 11.8. The topological polar surface area (TPSA) is 171 Å². The summed E-state index contributed by atoms with van der Waals surface area (Å²) in [6, 6.07) is 55.1. The summed E-state index contributed by atoms with van der Waals surface area (Å²) in [5.41, 5.74) is 15.3. The van der Waals surface area contributed by atoms with Crippen molar-refractivity contribution in [2.45, 2.75) is 263 Å². The van der Waals surface area contributed by atoms with Crippen molar-refractivity contribution in [2.24, 2.45) is 0 Å². The number of hydrogen-bond acceptors (Lipinski definition) is 11. The number of aliphatic hydroxyl groups excluding tert-OH is 1. The minimum Gasteiger partial charge on any atom is -0.495 e. The molecule has 10 rings (SSSR count). The molecule has 0 saturated heterocycles. The van der Waals surface area contributed by atoms with Crippen LogP contribution in [0.2, 0.25) is 0 Å². The lowest BCUT2D eigenvalue weighted by Crippen LogP contribution is -2.33. The number of rotatable bonds is 18. The molecule has 11 nitrogen and oxygen atoms in total. The van der Waals surface area contributed by atoms with Gasteiger partial charge in [-0.3, -0.25) is 0 Å². The summed E-state index contributed by atoms with van der Waals surface area (Å²) in [5.74, 6) is 10.3. The molecule has 8 aromatic carbocycles. The number of methoxy groups -OCH3 is 2. The lowest BCUT2D eigenvalue weighted by molar-refractivity contribution is -0.0388. The fourth-order valence-corrected chi connectivity index (χ4v) is 15.5. The Balaban J connectivity index is 0.000000325. The van der Waals surface area contributed by atoms with Crippen LogP contribution in [-0.4, -0.2) is 80.7 Å². The van der Waals surface area contributed by atoms with E-state index in [1.165, 1.54) is 64.1 Å². The Morgan fingerprint density at radius 3 is 1.26 bits per heavy atom. The lowest BCUT2D eigenvalue weighted by Gasteiger charge is -2.37. The molecule has 0 atom stereocenters. The molecule has 0 unspecified atom stereocenters. The molecule has 0 aromatic heterocycles. The van der Waals surface area contributed by atoms with Gasteiger partial charge in [-0.25, -0.2) is 29.6 Å². The van der Waals surface area contributed by atoms with E-state index in [4.69, 9.17) is 14.2 Å². The average Bonchev–Trinajstić information content (AvgIpc) is 1.80. The van der Waals surface area contributed by atoms with E-state index in [0.29, 0.717) is 81.7 Å². The molecule has 2 aliphatic carbocycles. The van der Waals surface area contributed by atoms with E-state index < -0.39 is 35.1 Å². The molecular formula is C94H131FO11S3. The summed E-state index contributed by atoms with van der Waals surface area (Å²) in [4.78, 5) is 1.17. The average molecular weight is 1550 g/mol. The van der Waals surface area contributed by atoms with E-state index in [9.17, 15) is 39.9 Å². The van der Waals surface area contributed by atoms with Gasteiger partial charge in [-0.2, -0.15) is 0 Å². The molecule has 0 aliphatic heterocycles. The van der Waals surface area contributed by atoms with Crippen LogP contribution in [0, 0.1) is 38.4 Å². The highest BCUT2D eigenvalue weighted by Crippen LogP contribution is 2.41. The van der Waals surface area contributed by atoms with Crippen LogP contribution in [0.3, 0.4) is 0 Å². The summed E-state index contributed by atoms with van der Waals surface area (Å²) < 4.78 is 98.9. The third-order valence-electron chi connectivity index (χ3n) is 19.2. The number of aliphatic hydroxyl groups is 2. The number of sulfone groups is 3. The number of aryl methyl sites for hydroxylation is 3. The molecular weight excluding hydrogens is 1420 g/mol. The first kappa shape index (κ1) is 95.8. The first-order valence-electron chi connectivity index (χ1n) is 38.7. The van der Waals surface area contributed by atoms with Gasteiger partial charge in [0.15, 0.2) is 29.5 Å². The van der Waals surface area contributed by atoms with Gasteiger partial charge in [-0.05, 0) is 217 Å². The summed E-state index contributed by atoms with van der Waals surface area (Å²) in [7, 11) is -6.33. The molecule has 2 N–H and O–H groups in total. The van der Waals surface area contributed by atoms with Gasteiger partial charge >= 0.3 is 0 Å². The minimum atomic E-state index is -3.21. The van der Waals surface area contributed by atoms with Crippen molar-refractivity contribution in [1.82, 2.24) is 0 Å². The SMILES string of the molecule is CC(C)c1ccc(C2(O)CCC2)cc1.CC(C)c1ccc(S(=O)(=O)C2CCCC2)cc1.CCOc1ccc(C(C)C)cc1CO.COCC#Cc1ccc(C(C)C)cc1F.COc1cc(C(C)C)ccc1S(C)(=O)=O.Cc1cc(C(C)C)ccc1S(C)(=O)=O.Cc1cccc(C(C)C)c1.Cc1cccc(C(C)C)c1.